The molecule has 0 bridgehead atoms. The molecule has 5 N–H and O–H groups in total. The number of fused-ring (bicyclic) bond motifs is 1. The smallest absolute Gasteiger partial charge is 0.323 e. The topological polar surface area (TPSA) is 133 Å². The molecule has 1 heterocycles. The van der Waals surface area contributed by atoms with Gasteiger partial charge in [0.15, 0.2) is 0 Å². The van der Waals surface area contributed by atoms with Crippen LogP contribution in [0.2, 0.25) is 0 Å². The highest BCUT2D eigenvalue weighted by molar-refractivity contribution is 7.99. The minimum atomic E-state index is -1.14. The van der Waals surface area contributed by atoms with Crippen LogP contribution < -0.4 is 16.0 Å². The van der Waals surface area contributed by atoms with E-state index < -0.39 is 36.5 Å². The van der Waals surface area contributed by atoms with Crippen molar-refractivity contribution in [1.82, 2.24) is 5.32 Å². The first-order valence-electron chi connectivity index (χ1n) is 7.38. The Balaban J connectivity index is 2.28. The maximum Gasteiger partial charge on any atom is 0.323 e. The lowest BCUT2D eigenvalue weighted by Crippen LogP contribution is -2.54. The minimum absolute atomic E-state index is 0.164. The summed E-state index contributed by atoms with van der Waals surface area (Å²) in [5.74, 6) is -2.39. The summed E-state index contributed by atoms with van der Waals surface area (Å²) in [5.41, 5.74) is 5.94. The molecule has 8 nitrogen and oxygen atoms in total. The summed E-state index contributed by atoms with van der Waals surface area (Å²) in [6.07, 6.45) is 0.176. The highest BCUT2D eigenvalue weighted by Crippen LogP contribution is 2.34. The maximum absolute atomic E-state index is 12.8. The lowest BCUT2D eigenvalue weighted by atomic mass is 10.1. The highest BCUT2D eigenvalue weighted by Gasteiger charge is 2.34. The maximum atomic E-state index is 12.8. The van der Waals surface area contributed by atoms with Gasteiger partial charge in [0.1, 0.15) is 12.6 Å². The van der Waals surface area contributed by atoms with Crippen LogP contribution in [-0.2, 0) is 14.4 Å². The van der Waals surface area contributed by atoms with Crippen LogP contribution in [0.1, 0.15) is 6.42 Å². The van der Waals surface area contributed by atoms with Crippen molar-refractivity contribution in [2.45, 2.75) is 23.4 Å². The third kappa shape index (κ3) is 4.25. The third-order valence-corrected chi connectivity index (χ3v) is 4.73. The number of carbonyl (C=O) groups is 3. The van der Waals surface area contributed by atoms with Gasteiger partial charge in [0.25, 0.3) is 0 Å². The van der Waals surface area contributed by atoms with Gasteiger partial charge in [-0.05, 0) is 25.1 Å². The second-order valence-electron chi connectivity index (χ2n) is 5.28. The predicted molar refractivity (Wildman–Crippen MR) is 89.2 cm³/mol. The van der Waals surface area contributed by atoms with E-state index >= 15 is 0 Å². The van der Waals surface area contributed by atoms with Gasteiger partial charge in [-0.1, -0.05) is 12.1 Å². The molecule has 0 unspecified atom stereocenters. The van der Waals surface area contributed by atoms with Crippen LogP contribution in [-0.4, -0.2) is 59.0 Å². The normalized spacial score (nSPS) is 18.6. The second kappa shape index (κ2) is 8.13. The van der Waals surface area contributed by atoms with E-state index in [9.17, 15) is 19.5 Å². The fourth-order valence-electron chi connectivity index (χ4n) is 2.46. The molecule has 1 aromatic rings. The first kappa shape index (κ1) is 18.2. The van der Waals surface area contributed by atoms with Gasteiger partial charge in [0, 0.05) is 10.6 Å². The van der Waals surface area contributed by atoms with Crippen molar-refractivity contribution in [2.75, 3.05) is 23.7 Å². The Bertz CT molecular complexity index is 639. The lowest BCUT2D eigenvalue weighted by molar-refractivity contribution is -0.140. The van der Waals surface area contributed by atoms with E-state index in [4.69, 9.17) is 10.8 Å². The van der Waals surface area contributed by atoms with Crippen LogP contribution in [0.3, 0.4) is 0 Å². The Morgan fingerprint density at radius 3 is 2.71 bits per heavy atom. The van der Waals surface area contributed by atoms with Gasteiger partial charge in [-0.2, -0.15) is 0 Å². The molecule has 0 aromatic heterocycles. The van der Waals surface area contributed by atoms with E-state index in [-0.39, 0.29) is 13.0 Å². The number of anilines is 1. The molecule has 1 aliphatic heterocycles. The lowest BCUT2D eigenvalue weighted by Gasteiger charge is -2.26. The van der Waals surface area contributed by atoms with Crippen LogP contribution in [0, 0.1) is 0 Å². The number of carbonyl (C=O) groups excluding carboxylic acids is 1. The van der Waals surface area contributed by atoms with Gasteiger partial charge in [-0.25, -0.2) is 0 Å². The van der Waals surface area contributed by atoms with Crippen LogP contribution >= 0.6 is 11.8 Å². The molecule has 0 saturated heterocycles. The van der Waals surface area contributed by atoms with Crippen molar-refractivity contribution in [3.8, 4) is 0 Å². The van der Waals surface area contributed by atoms with Gasteiger partial charge < -0.3 is 15.9 Å². The number of nitrogens with two attached hydrogens (primary N) is 1. The van der Waals surface area contributed by atoms with Crippen molar-refractivity contribution in [2.24, 2.45) is 5.73 Å². The summed E-state index contributed by atoms with van der Waals surface area (Å²) in [5, 5.41) is 21.1. The number of carboxylic acid groups (broad SMARTS) is 2. The van der Waals surface area contributed by atoms with Crippen LogP contribution in [0.25, 0.3) is 0 Å². The zero-order chi connectivity index (χ0) is 17.7. The fourth-order valence-corrected chi connectivity index (χ4v) is 3.54. The van der Waals surface area contributed by atoms with Crippen LogP contribution in [0.5, 0.6) is 0 Å². The molecule has 0 fully saturated rings. The number of nitrogens with zero attached hydrogens (tertiary/aromatic N) is 1. The number of thioether (sulfide) groups is 1. The number of nitrogens with one attached hydrogen (secondary N) is 1. The average Bonchev–Trinajstić information content (AvgIpc) is 2.66. The summed E-state index contributed by atoms with van der Waals surface area (Å²) in [7, 11) is 0. The Hall–Kier alpha value is -2.10. The molecule has 1 aromatic carbocycles. The number of aliphatic carboxylic acids is 2. The van der Waals surface area contributed by atoms with Crippen molar-refractivity contribution in [3.05, 3.63) is 24.3 Å². The van der Waals surface area contributed by atoms with E-state index in [1.165, 1.54) is 16.7 Å². The van der Waals surface area contributed by atoms with Crippen LogP contribution in [0.15, 0.2) is 29.2 Å². The highest BCUT2D eigenvalue weighted by atomic mass is 32.2. The third-order valence-electron chi connectivity index (χ3n) is 3.57. The number of benzene rings is 1. The molecule has 9 heteroatoms. The van der Waals surface area contributed by atoms with Crippen molar-refractivity contribution in [1.29, 1.82) is 0 Å². The number of hydrogen-bond acceptors (Lipinski definition) is 6. The number of para-hydroxylation sites is 1. The summed E-state index contributed by atoms with van der Waals surface area (Å²) >= 11 is 1.38. The van der Waals surface area contributed by atoms with Crippen LogP contribution in [0.4, 0.5) is 5.69 Å². The van der Waals surface area contributed by atoms with Gasteiger partial charge in [0.2, 0.25) is 5.91 Å². The average molecular weight is 353 g/mol. The van der Waals surface area contributed by atoms with Gasteiger partial charge in [0.05, 0.1) is 11.7 Å². The zero-order valence-corrected chi connectivity index (χ0v) is 13.7. The Labute approximate surface area is 143 Å². The molecule has 1 aliphatic rings. The molecule has 2 atom stereocenters. The summed E-state index contributed by atoms with van der Waals surface area (Å²) in [6, 6.07) is 5.24. The number of rotatable bonds is 7. The van der Waals surface area contributed by atoms with E-state index in [0.717, 1.165) is 4.90 Å². The van der Waals surface area contributed by atoms with Gasteiger partial charge in [-0.3, -0.25) is 24.6 Å². The molecule has 1 amide bonds. The van der Waals surface area contributed by atoms with Crippen molar-refractivity contribution < 1.29 is 24.6 Å². The summed E-state index contributed by atoms with van der Waals surface area (Å²) in [6.45, 7) is -0.319. The Morgan fingerprint density at radius 1 is 1.38 bits per heavy atom. The standard InChI is InChI=1S/C15H19N3O5S/c16-6-5-9(15(22)23)17-10-8-24-12-4-2-1-3-11(12)18(14(10)21)7-13(19)20/h1-4,9-10,17H,5-8,16H2,(H,19,20)(H,22,23)/t9-,10-/m0/s1. The summed E-state index contributed by atoms with van der Waals surface area (Å²) in [4.78, 5) is 37.2. The molecule has 0 spiro atoms. The number of amides is 1. The summed E-state index contributed by atoms with van der Waals surface area (Å²) < 4.78 is 0. The van der Waals surface area contributed by atoms with E-state index in [0.29, 0.717) is 11.4 Å². The van der Waals surface area contributed by atoms with Gasteiger partial charge >= 0.3 is 11.9 Å². The Kier molecular flexibility index (Phi) is 6.18. The quantitative estimate of drug-likeness (QED) is 0.537. The molecular weight excluding hydrogens is 334 g/mol. The second-order valence-corrected chi connectivity index (χ2v) is 6.35. The molecule has 0 aliphatic carbocycles. The molecule has 0 saturated carbocycles. The first-order valence-corrected chi connectivity index (χ1v) is 8.36. The Morgan fingerprint density at radius 2 is 2.08 bits per heavy atom. The van der Waals surface area contributed by atoms with E-state index in [2.05, 4.69) is 5.32 Å². The zero-order valence-electron chi connectivity index (χ0n) is 12.8. The predicted octanol–water partition coefficient (Wildman–Crippen LogP) is -0.0299. The molecule has 130 valence electrons. The van der Waals surface area contributed by atoms with Crippen molar-refractivity contribution in [3.63, 3.8) is 0 Å². The monoisotopic (exact) mass is 353 g/mol. The molecule has 2 rings (SSSR count). The first-order chi connectivity index (χ1) is 11.4. The van der Waals surface area contributed by atoms with Gasteiger partial charge in [-0.15, -0.1) is 11.8 Å². The SMILES string of the molecule is NCC[C@H](N[C@H]1CSc2ccccc2N(CC(=O)O)C1=O)C(=O)O. The molecular formula is C15H19N3O5S. The number of hydrogen-bond donors (Lipinski definition) is 4. The van der Waals surface area contributed by atoms with Crippen molar-refractivity contribution >= 4 is 35.3 Å². The minimum Gasteiger partial charge on any atom is -0.480 e. The van der Waals surface area contributed by atoms with E-state index in [1.807, 2.05) is 0 Å². The number of carboxylic acids is 2. The molecule has 24 heavy (non-hydrogen) atoms. The fraction of sp³-hybridized carbons (Fsp3) is 0.400. The largest absolute Gasteiger partial charge is 0.480 e. The van der Waals surface area contributed by atoms with E-state index in [1.54, 1.807) is 24.3 Å². The molecule has 0 radical (unpaired) electrons.